The predicted octanol–water partition coefficient (Wildman–Crippen LogP) is 3.64. The number of anilines is 1. The highest BCUT2D eigenvalue weighted by Crippen LogP contribution is 2.40. The van der Waals surface area contributed by atoms with Gasteiger partial charge in [-0.25, -0.2) is 0 Å². The van der Waals surface area contributed by atoms with Crippen LogP contribution in [-0.2, 0) is 11.2 Å². The summed E-state index contributed by atoms with van der Waals surface area (Å²) >= 11 is 6.14. The second-order valence-electron chi connectivity index (χ2n) is 5.13. The second kappa shape index (κ2) is 5.89. The molecule has 0 saturated heterocycles. The molecule has 4 nitrogen and oxygen atoms in total. The number of carbonyl (C=O) groups excluding carboxylic acids is 1. The Labute approximate surface area is 134 Å². The molecule has 1 heterocycles. The number of ether oxygens (including phenoxy) is 2. The smallest absolute Gasteiger partial charge is 0.232 e. The molecule has 0 bridgehead atoms. The second-order valence-corrected chi connectivity index (χ2v) is 5.57. The molecule has 1 aliphatic rings. The molecule has 2 aromatic rings. The summed E-state index contributed by atoms with van der Waals surface area (Å²) in [7, 11) is 3.15. The third-order valence-corrected chi connectivity index (χ3v) is 4.07. The van der Waals surface area contributed by atoms with Crippen LogP contribution >= 0.6 is 11.6 Å². The number of benzene rings is 2. The van der Waals surface area contributed by atoms with Crippen LogP contribution in [0.15, 0.2) is 36.4 Å². The van der Waals surface area contributed by atoms with Crippen molar-refractivity contribution in [2.75, 3.05) is 19.5 Å². The number of halogens is 1. The highest BCUT2D eigenvalue weighted by atomic mass is 35.5. The van der Waals surface area contributed by atoms with Gasteiger partial charge in [-0.2, -0.15) is 0 Å². The number of hydrogen-bond acceptors (Lipinski definition) is 3. The Bertz CT molecular complexity index is 730. The lowest BCUT2D eigenvalue weighted by Gasteiger charge is -2.16. The van der Waals surface area contributed by atoms with E-state index in [-0.39, 0.29) is 11.8 Å². The van der Waals surface area contributed by atoms with Gasteiger partial charge >= 0.3 is 0 Å². The first-order chi connectivity index (χ1) is 10.6. The molecule has 3 rings (SSSR count). The molecule has 0 unspecified atom stereocenters. The van der Waals surface area contributed by atoms with Crippen LogP contribution in [0.25, 0.3) is 0 Å². The van der Waals surface area contributed by atoms with E-state index in [1.165, 1.54) is 0 Å². The third-order valence-electron chi connectivity index (χ3n) is 3.86. The van der Waals surface area contributed by atoms with Gasteiger partial charge in [0, 0.05) is 22.3 Å². The van der Waals surface area contributed by atoms with Crippen molar-refractivity contribution in [2.24, 2.45) is 0 Å². The summed E-state index contributed by atoms with van der Waals surface area (Å²) < 4.78 is 10.7. The van der Waals surface area contributed by atoms with E-state index in [9.17, 15) is 4.79 Å². The van der Waals surface area contributed by atoms with E-state index in [4.69, 9.17) is 21.1 Å². The zero-order chi connectivity index (χ0) is 15.7. The first-order valence-corrected chi connectivity index (χ1v) is 7.32. The summed E-state index contributed by atoms with van der Waals surface area (Å²) in [6, 6.07) is 11.2. The van der Waals surface area contributed by atoms with Crippen LogP contribution in [-0.4, -0.2) is 20.1 Å². The monoisotopic (exact) mass is 317 g/mol. The molecule has 1 atom stereocenters. The van der Waals surface area contributed by atoms with Gasteiger partial charge in [0.1, 0.15) is 0 Å². The van der Waals surface area contributed by atoms with E-state index in [0.29, 0.717) is 22.9 Å². The zero-order valence-corrected chi connectivity index (χ0v) is 13.1. The molecule has 0 saturated carbocycles. The van der Waals surface area contributed by atoms with Crippen molar-refractivity contribution in [2.45, 2.75) is 12.3 Å². The molecule has 0 fully saturated rings. The van der Waals surface area contributed by atoms with E-state index in [1.54, 1.807) is 20.3 Å². The van der Waals surface area contributed by atoms with Crippen LogP contribution < -0.4 is 14.8 Å². The van der Waals surface area contributed by atoms with Gasteiger partial charge in [0.2, 0.25) is 5.91 Å². The summed E-state index contributed by atoms with van der Waals surface area (Å²) in [6.45, 7) is 0. The molecule has 0 aromatic heterocycles. The molecule has 114 valence electrons. The van der Waals surface area contributed by atoms with Gasteiger partial charge in [-0.15, -0.1) is 0 Å². The minimum absolute atomic E-state index is 0.0119. The fourth-order valence-electron chi connectivity index (χ4n) is 2.86. The highest BCUT2D eigenvalue weighted by Gasteiger charge is 2.31. The topological polar surface area (TPSA) is 47.6 Å². The molecule has 1 N–H and O–H groups in total. The maximum Gasteiger partial charge on any atom is 0.232 e. The molecular weight excluding hydrogens is 302 g/mol. The van der Waals surface area contributed by atoms with Crippen LogP contribution in [0.4, 0.5) is 5.69 Å². The molecule has 1 amide bonds. The van der Waals surface area contributed by atoms with E-state index in [2.05, 4.69) is 5.32 Å². The number of carbonyl (C=O) groups is 1. The first-order valence-electron chi connectivity index (χ1n) is 6.94. The number of nitrogens with one attached hydrogen (secondary N) is 1. The average molecular weight is 318 g/mol. The lowest BCUT2D eigenvalue weighted by atomic mass is 9.92. The van der Waals surface area contributed by atoms with Gasteiger partial charge in [-0.3, -0.25) is 4.79 Å². The Balaban J connectivity index is 2.00. The summed E-state index contributed by atoms with van der Waals surface area (Å²) in [4.78, 5) is 12.3. The number of para-hydroxylation sites is 1. The van der Waals surface area contributed by atoms with Crippen molar-refractivity contribution in [3.05, 3.63) is 52.5 Å². The van der Waals surface area contributed by atoms with Gasteiger partial charge in [0.15, 0.2) is 11.5 Å². The van der Waals surface area contributed by atoms with Gasteiger partial charge < -0.3 is 14.8 Å². The van der Waals surface area contributed by atoms with Crippen molar-refractivity contribution in [1.29, 1.82) is 0 Å². The fraction of sp³-hybridized carbons (Fsp3) is 0.235. The Hall–Kier alpha value is -2.20. The van der Waals surface area contributed by atoms with Crippen LogP contribution in [0.3, 0.4) is 0 Å². The Morgan fingerprint density at radius 3 is 2.68 bits per heavy atom. The van der Waals surface area contributed by atoms with Crippen molar-refractivity contribution < 1.29 is 14.3 Å². The normalized spacial score (nSPS) is 16.1. The zero-order valence-electron chi connectivity index (χ0n) is 12.4. The summed E-state index contributed by atoms with van der Waals surface area (Å²) in [5.74, 6) is 0.913. The van der Waals surface area contributed by atoms with Crippen LogP contribution in [0.2, 0.25) is 5.02 Å². The Morgan fingerprint density at radius 1 is 1.18 bits per heavy atom. The summed E-state index contributed by atoms with van der Waals surface area (Å²) in [5, 5.41) is 3.46. The molecule has 0 radical (unpaired) electrons. The lowest BCUT2D eigenvalue weighted by molar-refractivity contribution is -0.117. The Kier molecular flexibility index (Phi) is 3.94. The molecule has 2 aromatic carbocycles. The molecule has 1 aliphatic heterocycles. The predicted molar refractivity (Wildman–Crippen MR) is 86.1 cm³/mol. The molecule has 22 heavy (non-hydrogen) atoms. The number of fused-ring (bicyclic) bond motifs is 1. The van der Waals surface area contributed by atoms with Crippen molar-refractivity contribution in [3.8, 4) is 11.5 Å². The third kappa shape index (κ3) is 2.50. The molecule has 5 heteroatoms. The SMILES string of the molecule is COc1cc(Cl)cc(C[C@@H]2C(=O)Nc3ccccc32)c1OC. The quantitative estimate of drug-likeness (QED) is 0.936. The number of amides is 1. The lowest BCUT2D eigenvalue weighted by Crippen LogP contribution is -2.14. The first kappa shape index (κ1) is 14.7. The van der Waals surface area contributed by atoms with E-state index in [1.807, 2.05) is 30.3 Å². The fourth-order valence-corrected chi connectivity index (χ4v) is 3.09. The molecule has 0 aliphatic carbocycles. The van der Waals surface area contributed by atoms with E-state index < -0.39 is 0 Å². The molecular formula is C17H16ClNO3. The maximum atomic E-state index is 12.3. The average Bonchev–Trinajstić information content (AvgIpc) is 2.83. The number of methoxy groups -OCH3 is 2. The van der Waals surface area contributed by atoms with Crippen LogP contribution in [0.1, 0.15) is 17.0 Å². The van der Waals surface area contributed by atoms with Crippen molar-refractivity contribution in [1.82, 2.24) is 0 Å². The van der Waals surface area contributed by atoms with Gasteiger partial charge in [-0.05, 0) is 24.1 Å². The maximum absolute atomic E-state index is 12.3. The standard InChI is InChI=1S/C17H16ClNO3/c1-21-15-9-11(18)7-10(16(15)22-2)8-13-12-5-3-4-6-14(12)19-17(13)20/h3-7,9,13H,8H2,1-2H3,(H,19,20)/t13-/m0/s1. The number of hydrogen-bond donors (Lipinski definition) is 1. The highest BCUT2D eigenvalue weighted by molar-refractivity contribution is 6.30. The van der Waals surface area contributed by atoms with Crippen LogP contribution in [0, 0.1) is 0 Å². The van der Waals surface area contributed by atoms with E-state index >= 15 is 0 Å². The van der Waals surface area contributed by atoms with Crippen LogP contribution in [0.5, 0.6) is 11.5 Å². The molecule has 0 spiro atoms. The van der Waals surface area contributed by atoms with Crippen molar-refractivity contribution in [3.63, 3.8) is 0 Å². The summed E-state index contributed by atoms with van der Waals surface area (Å²) in [5.41, 5.74) is 2.71. The summed E-state index contributed by atoms with van der Waals surface area (Å²) in [6.07, 6.45) is 0.503. The van der Waals surface area contributed by atoms with Gasteiger partial charge in [0.05, 0.1) is 20.1 Å². The minimum atomic E-state index is -0.256. The van der Waals surface area contributed by atoms with Gasteiger partial charge in [-0.1, -0.05) is 29.8 Å². The largest absolute Gasteiger partial charge is 0.493 e. The Morgan fingerprint density at radius 2 is 1.95 bits per heavy atom. The van der Waals surface area contributed by atoms with Gasteiger partial charge in [0.25, 0.3) is 0 Å². The van der Waals surface area contributed by atoms with Crippen molar-refractivity contribution >= 4 is 23.2 Å². The van der Waals surface area contributed by atoms with E-state index in [0.717, 1.165) is 16.8 Å². The number of rotatable bonds is 4. The minimum Gasteiger partial charge on any atom is -0.493 e.